The lowest BCUT2D eigenvalue weighted by Gasteiger charge is -2.43. The van der Waals surface area contributed by atoms with Gasteiger partial charge < -0.3 is 14.5 Å². The van der Waals surface area contributed by atoms with Gasteiger partial charge in [0.1, 0.15) is 5.60 Å². The Bertz CT molecular complexity index is 1420. The Balaban J connectivity index is 0.00000116. The standard InChI is InChI=1S/C27H36N6O4S.2C2H6/c1-27(2,3)37-26(34)32-10-8-21(9-11-32)30-12-14-31(15-13-30)22-17-28-25-24(18-29-33(25)19-22)20-6-5-7-23(16-20)38(4,35)36;2*1-2/h5-7,16-19,21H,8-15H2,1-4H3;2*1-2H3. The third-order valence-electron chi connectivity index (χ3n) is 7.23. The van der Waals surface area contributed by atoms with Crippen molar-refractivity contribution in [3.8, 4) is 11.1 Å². The smallest absolute Gasteiger partial charge is 0.410 e. The van der Waals surface area contributed by atoms with Gasteiger partial charge in [-0.3, -0.25) is 4.90 Å². The third-order valence-corrected chi connectivity index (χ3v) is 8.34. The summed E-state index contributed by atoms with van der Waals surface area (Å²) in [7, 11) is -3.30. The summed E-state index contributed by atoms with van der Waals surface area (Å²) >= 11 is 0. The number of nitrogens with zero attached hydrogens (tertiary/aromatic N) is 6. The number of carbonyl (C=O) groups excluding carboxylic acids is 1. The lowest BCUT2D eigenvalue weighted by Crippen LogP contribution is -2.54. The molecule has 0 unspecified atom stereocenters. The van der Waals surface area contributed by atoms with Crippen molar-refractivity contribution in [3.63, 3.8) is 0 Å². The summed E-state index contributed by atoms with van der Waals surface area (Å²) in [5.74, 6) is 0. The lowest BCUT2D eigenvalue weighted by atomic mass is 10.0. The van der Waals surface area contributed by atoms with Crippen LogP contribution >= 0.6 is 0 Å². The lowest BCUT2D eigenvalue weighted by molar-refractivity contribution is 0.0140. The minimum Gasteiger partial charge on any atom is -0.444 e. The number of hydrogen-bond donors (Lipinski definition) is 0. The van der Waals surface area contributed by atoms with E-state index in [0.29, 0.717) is 11.7 Å². The molecule has 3 aromatic rings. The van der Waals surface area contributed by atoms with Gasteiger partial charge in [0.2, 0.25) is 0 Å². The van der Waals surface area contributed by atoms with Crippen molar-refractivity contribution in [1.29, 1.82) is 0 Å². The number of benzene rings is 1. The Morgan fingerprint density at radius 3 is 2.19 bits per heavy atom. The highest BCUT2D eigenvalue weighted by Gasteiger charge is 2.31. The predicted octanol–water partition coefficient (Wildman–Crippen LogP) is 5.37. The van der Waals surface area contributed by atoms with E-state index in [1.807, 2.05) is 71.8 Å². The van der Waals surface area contributed by atoms with E-state index >= 15 is 0 Å². The minimum atomic E-state index is -3.30. The second-order valence-electron chi connectivity index (χ2n) is 11.2. The molecule has 1 amide bonds. The zero-order chi connectivity index (χ0) is 31.1. The molecule has 11 heteroatoms. The summed E-state index contributed by atoms with van der Waals surface area (Å²) < 4.78 is 31.3. The summed E-state index contributed by atoms with van der Waals surface area (Å²) in [6.07, 6.45) is 8.51. The molecule has 232 valence electrons. The largest absolute Gasteiger partial charge is 0.444 e. The molecular formula is C31H48N6O4S. The number of amides is 1. The first-order valence-electron chi connectivity index (χ1n) is 15.1. The van der Waals surface area contributed by atoms with E-state index < -0.39 is 15.4 Å². The quantitative estimate of drug-likeness (QED) is 0.394. The molecule has 0 N–H and O–H groups in total. The van der Waals surface area contributed by atoms with Crippen molar-refractivity contribution in [1.82, 2.24) is 24.4 Å². The Hall–Kier alpha value is -3.18. The van der Waals surface area contributed by atoms with Gasteiger partial charge in [0.05, 0.1) is 29.2 Å². The van der Waals surface area contributed by atoms with Crippen molar-refractivity contribution >= 4 is 27.3 Å². The minimum absolute atomic E-state index is 0.214. The number of piperazine rings is 1. The molecule has 0 bridgehead atoms. The van der Waals surface area contributed by atoms with Crippen LogP contribution < -0.4 is 4.90 Å². The number of sulfone groups is 1. The molecule has 0 aliphatic carbocycles. The molecule has 0 radical (unpaired) electrons. The molecule has 4 heterocycles. The number of carbonyl (C=O) groups is 1. The van der Waals surface area contributed by atoms with Crippen LogP contribution in [0.3, 0.4) is 0 Å². The van der Waals surface area contributed by atoms with Gasteiger partial charge in [-0.1, -0.05) is 39.8 Å². The van der Waals surface area contributed by atoms with Gasteiger partial charge in [0.15, 0.2) is 15.5 Å². The van der Waals surface area contributed by atoms with Gasteiger partial charge in [-0.2, -0.15) is 5.10 Å². The topological polar surface area (TPSA) is 100 Å². The summed E-state index contributed by atoms with van der Waals surface area (Å²) in [5, 5.41) is 4.50. The van der Waals surface area contributed by atoms with Crippen molar-refractivity contribution in [2.45, 2.75) is 77.8 Å². The maximum absolute atomic E-state index is 12.4. The molecule has 2 fully saturated rings. The van der Waals surface area contributed by atoms with Gasteiger partial charge in [0.25, 0.3) is 0 Å². The first-order chi connectivity index (χ1) is 20.0. The highest BCUT2D eigenvalue weighted by Crippen LogP contribution is 2.28. The number of anilines is 1. The van der Waals surface area contributed by atoms with E-state index in [9.17, 15) is 13.2 Å². The monoisotopic (exact) mass is 600 g/mol. The zero-order valence-corrected chi connectivity index (χ0v) is 27.3. The maximum Gasteiger partial charge on any atom is 0.410 e. The van der Waals surface area contributed by atoms with E-state index in [0.717, 1.165) is 68.9 Å². The Kier molecular flexibility index (Phi) is 11.4. The molecule has 2 aromatic heterocycles. The van der Waals surface area contributed by atoms with E-state index in [2.05, 4.69) is 19.9 Å². The number of rotatable bonds is 4. The van der Waals surface area contributed by atoms with Crippen LogP contribution in [0, 0.1) is 0 Å². The van der Waals surface area contributed by atoms with Crippen molar-refractivity contribution in [3.05, 3.63) is 42.9 Å². The molecule has 5 rings (SSSR count). The van der Waals surface area contributed by atoms with Gasteiger partial charge >= 0.3 is 6.09 Å². The molecule has 0 atom stereocenters. The molecule has 42 heavy (non-hydrogen) atoms. The summed E-state index contributed by atoms with van der Waals surface area (Å²) in [6.45, 7) is 18.9. The first-order valence-corrected chi connectivity index (χ1v) is 17.0. The van der Waals surface area contributed by atoms with Gasteiger partial charge in [-0.15, -0.1) is 0 Å². The third kappa shape index (κ3) is 8.22. The number of piperidine rings is 1. The van der Waals surface area contributed by atoms with Crippen LogP contribution in [-0.4, -0.2) is 96.1 Å². The van der Waals surface area contributed by atoms with Gasteiger partial charge in [-0.05, 0) is 51.3 Å². The molecule has 2 aliphatic heterocycles. The number of ether oxygens (including phenoxy) is 1. The van der Waals surface area contributed by atoms with Crippen LogP contribution in [0.2, 0.25) is 0 Å². The van der Waals surface area contributed by atoms with Gasteiger partial charge in [-0.25, -0.2) is 22.7 Å². The van der Waals surface area contributed by atoms with E-state index in [1.54, 1.807) is 28.9 Å². The zero-order valence-electron chi connectivity index (χ0n) is 26.5. The molecule has 2 saturated heterocycles. The highest BCUT2D eigenvalue weighted by molar-refractivity contribution is 7.90. The van der Waals surface area contributed by atoms with Crippen molar-refractivity contribution in [2.24, 2.45) is 0 Å². The Morgan fingerprint density at radius 1 is 0.952 bits per heavy atom. The highest BCUT2D eigenvalue weighted by atomic mass is 32.2. The van der Waals surface area contributed by atoms with Gasteiger partial charge in [0, 0.05) is 57.1 Å². The predicted molar refractivity (Wildman–Crippen MR) is 169 cm³/mol. The van der Waals surface area contributed by atoms with Crippen LogP contribution in [0.15, 0.2) is 47.8 Å². The SMILES string of the molecule is CC.CC.CC(C)(C)OC(=O)N1CCC(N2CCN(c3cnc4c(-c5cccc(S(C)(=O)=O)c5)cnn4c3)CC2)CC1. The van der Waals surface area contributed by atoms with Crippen LogP contribution in [0.1, 0.15) is 61.3 Å². The van der Waals surface area contributed by atoms with Crippen LogP contribution in [0.25, 0.3) is 16.8 Å². The van der Waals surface area contributed by atoms with Crippen LogP contribution in [0.4, 0.5) is 10.5 Å². The number of fused-ring (bicyclic) bond motifs is 1. The summed E-state index contributed by atoms with van der Waals surface area (Å²) in [5.41, 5.74) is 2.80. The normalized spacial score (nSPS) is 16.8. The van der Waals surface area contributed by atoms with Crippen molar-refractivity contribution < 1.29 is 17.9 Å². The fourth-order valence-electron chi connectivity index (χ4n) is 5.21. The number of aromatic nitrogens is 3. The second kappa shape index (κ2) is 14.3. The number of likely N-dealkylation sites (tertiary alicyclic amines) is 1. The molecule has 2 aliphatic rings. The van der Waals surface area contributed by atoms with E-state index in [-0.39, 0.29) is 11.0 Å². The average molecular weight is 601 g/mol. The molecule has 1 aromatic carbocycles. The Morgan fingerprint density at radius 2 is 1.60 bits per heavy atom. The number of hydrogen-bond acceptors (Lipinski definition) is 8. The average Bonchev–Trinajstić information content (AvgIpc) is 3.42. The molecule has 10 nitrogen and oxygen atoms in total. The summed E-state index contributed by atoms with van der Waals surface area (Å²) in [4.78, 5) is 24.0. The second-order valence-corrected chi connectivity index (χ2v) is 13.2. The summed E-state index contributed by atoms with van der Waals surface area (Å²) in [6, 6.07) is 7.36. The molecule has 0 saturated carbocycles. The van der Waals surface area contributed by atoms with Crippen LogP contribution in [0.5, 0.6) is 0 Å². The fraction of sp³-hybridized carbons (Fsp3) is 0.581. The van der Waals surface area contributed by atoms with Crippen LogP contribution in [-0.2, 0) is 14.6 Å². The maximum atomic E-state index is 12.4. The van der Waals surface area contributed by atoms with Crippen molar-refractivity contribution in [2.75, 3.05) is 50.4 Å². The fourth-order valence-corrected chi connectivity index (χ4v) is 5.88. The molecule has 0 spiro atoms. The Labute approximate surface area is 251 Å². The van der Waals surface area contributed by atoms with E-state index in [4.69, 9.17) is 4.74 Å². The van der Waals surface area contributed by atoms with E-state index in [1.165, 1.54) is 6.26 Å². The molecular weight excluding hydrogens is 552 g/mol. The first kappa shape index (κ1) is 33.3.